The van der Waals surface area contributed by atoms with Crippen LogP contribution in [0.25, 0.3) is 11.0 Å². The van der Waals surface area contributed by atoms with Gasteiger partial charge in [0.1, 0.15) is 0 Å². The zero-order valence-corrected chi connectivity index (χ0v) is 10.9. The normalized spacial score (nSPS) is 10.6. The minimum atomic E-state index is -0.0969. The van der Waals surface area contributed by atoms with Crippen LogP contribution in [0.1, 0.15) is 23.2 Å². The van der Waals surface area contributed by atoms with Crippen molar-refractivity contribution in [1.82, 2.24) is 13.3 Å². The van der Waals surface area contributed by atoms with Crippen molar-refractivity contribution in [1.29, 1.82) is 0 Å². The zero-order chi connectivity index (χ0) is 12.1. The fraction of sp³-hybridized carbons (Fsp3) is 0.364. The van der Waals surface area contributed by atoms with Crippen LogP contribution < -0.4 is 5.32 Å². The third-order valence-electron chi connectivity index (χ3n) is 2.39. The van der Waals surface area contributed by atoms with Gasteiger partial charge in [-0.3, -0.25) is 0 Å². The van der Waals surface area contributed by atoms with Gasteiger partial charge < -0.3 is 0 Å². The van der Waals surface area contributed by atoms with Gasteiger partial charge in [0, 0.05) is 0 Å². The molecule has 1 heterocycles. The summed E-state index contributed by atoms with van der Waals surface area (Å²) in [6.45, 7) is 0.749. The van der Waals surface area contributed by atoms with Crippen LogP contribution in [-0.4, -0.2) is 47.1 Å². The van der Waals surface area contributed by atoms with Crippen molar-refractivity contribution in [2.24, 2.45) is 0 Å². The number of carbonyl (C=O) groups is 1. The van der Waals surface area contributed by atoms with Crippen LogP contribution in [0.15, 0.2) is 18.2 Å². The Balaban J connectivity index is 1.98. The van der Waals surface area contributed by atoms with Crippen LogP contribution in [0.5, 0.6) is 0 Å². The molecular weight excluding hydrogens is 285 g/mol. The van der Waals surface area contributed by atoms with Crippen LogP contribution in [0, 0.1) is 0 Å². The van der Waals surface area contributed by atoms with Crippen LogP contribution in [0.2, 0.25) is 0 Å². The first-order valence-electron chi connectivity index (χ1n) is 5.42. The van der Waals surface area contributed by atoms with Gasteiger partial charge in [0.25, 0.3) is 0 Å². The summed E-state index contributed by atoms with van der Waals surface area (Å²) in [4.78, 5) is 11.8. The molecule has 0 aliphatic heterocycles. The summed E-state index contributed by atoms with van der Waals surface area (Å²) in [5, 5.41) is 11.4. The molecule has 17 heavy (non-hydrogen) atoms. The molecule has 0 unspecified atom stereocenters. The number of fused-ring (bicyclic) bond motifs is 1. The monoisotopic (exact) mass is 299 g/mol. The molecule has 0 aliphatic carbocycles. The summed E-state index contributed by atoms with van der Waals surface area (Å²) in [6.07, 6.45) is 1.50. The number of carbonyl (C=O) groups excluding carboxylic acids is 1. The molecule has 5 nitrogen and oxygen atoms in total. The molecule has 2 aromatic rings. The Morgan fingerprint density at radius 1 is 1.29 bits per heavy atom. The Bertz CT molecular complexity index is 512. The molecule has 0 bridgehead atoms. The number of nitrogens with zero attached hydrogens (tertiary/aromatic N) is 2. The van der Waals surface area contributed by atoms with E-state index in [0.29, 0.717) is 18.5 Å². The van der Waals surface area contributed by atoms with Crippen molar-refractivity contribution < 1.29 is 9.90 Å². The van der Waals surface area contributed by atoms with E-state index in [4.69, 9.17) is 5.11 Å². The molecule has 1 aromatic carbocycles. The van der Waals surface area contributed by atoms with Crippen molar-refractivity contribution in [3.05, 3.63) is 23.8 Å². The maximum atomic E-state index is 11.8. The topological polar surface area (TPSA) is 75.1 Å². The summed E-state index contributed by atoms with van der Waals surface area (Å²) in [7, 11) is 0. The first-order valence-corrected chi connectivity index (χ1v) is 6.96. The quantitative estimate of drug-likeness (QED) is 0.610. The van der Waals surface area contributed by atoms with Gasteiger partial charge in [-0.2, -0.15) is 0 Å². The summed E-state index contributed by atoms with van der Waals surface area (Å²) in [5.41, 5.74) is 2.30. The number of aromatic nitrogens is 2. The SMILES string of the molecule is O=C(NCCCCO)c1ccc2n[se]nc2c1. The van der Waals surface area contributed by atoms with Gasteiger partial charge in [-0.25, -0.2) is 0 Å². The fourth-order valence-electron chi connectivity index (χ4n) is 1.46. The second-order valence-corrected chi connectivity index (χ2v) is 4.76. The van der Waals surface area contributed by atoms with Crippen molar-refractivity contribution in [3.63, 3.8) is 0 Å². The Labute approximate surface area is 105 Å². The molecule has 90 valence electrons. The zero-order valence-electron chi connectivity index (χ0n) is 9.22. The van der Waals surface area contributed by atoms with Gasteiger partial charge in [0.2, 0.25) is 0 Å². The number of benzene rings is 1. The molecule has 0 atom stereocenters. The molecule has 0 saturated carbocycles. The number of aliphatic hydroxyl groups excluding tert-OH is 1. The van der Waals surface area contributed by atoms with Gasteiger partial charge in [-0.05, 0) is 0 Å². The van der Waals surface area contributed by atoms with E-state index in [1.165, 1.54) is 0 Å². The number of hydrogen-bond donors (Lipinski definition) is 2. The number of hydrogen-bond acceptors (Lipinski definition) is 4. The van der Waals surface area contributed by atoms with Gasteiger partial charge in [0.05, 0.1) is 0 Å². The minimum absolute atomic E-state index is 0.0570. The average molecular weight is 298 g/mol. The third kappa shape index (κ3) is 3.12. The molecule has 2 N–H and O–H groups in total. The van der Waals surface area contributed by atoms with Gasteiger partial charge >= 0.3 is 105 Å². The molecule has 0 radical (unpaired) electrons. The number of nitrogens with one attached hydrogen (secondary N) is 1. The van der Waals surface area contributed by atoms with Crippen LogP contribution >= 0.6 is 0 Å². The van der Waals surface area contributed by atoms with E-state index in [0.717, 1.165) is 17.5 Å². The Morgan fingerprint density at radius 2 is 2.12 bits per heavy atom. The number of amides is 1. The summed E-state index contributed by atoms with van der Waals surface area (Å²) in [6, 6.07) is 5.37. The van der Waals surface area contributed by atoms with E-state index in [1.54, 1.807) is 12.1 Å². The summed E-state index contributed by atoms with van der Waals surface area (Å²) >= 11 is -0.0570. The average Bonchev–Trinajstić information content (AvgIpc) is 2.81. The van der Waals surface area contributed by atoms with Gasteiger partial charge in [0.15, 0.2) is 0 Å². The molecule has 0 spiro atoms. The molecule has 0 fully saturated rings. The number of aliphatic hydroxyl groups is 1. The van der Waals surface area contributed by atoms with E-state index in [1.807, 2.05) is 6.07 Å². The molecule has 0 aliphatic rings. The fourth-order valence-corrected chi connectivity index (χ4v) is 2.55. The molecule has 6 heteroatoms. The van der Waals surface area contributed by atoms with Crippen LogP contribution in [-0.2, 0) is 0 Å². The van der Waals surface area contributed by atoms with E-state index in [-0.39, 0.29) is 27.5 Å². The van der Waals surface area contributed by atoms with Gasteiger partial charge in [-0.15, -0.1) is 0 Å². The maximum absolute atomic E-state index is 11.8. The summed E-state index contributed by atoms with van der Waals surface area (Å²) < 4.78 is 8.46. The molecule has 1 amide bonds. The van der Waals surface area contributed by atoms with Crippen molar-refractivity contribution in [2.75, 3.05) is 13.2 Å². The van der Waals surface area contributed by atoms with E-state index >= 15 is 0 Å². The number of rotatable bonds is 5. The van der Waals surface area contributed by atoms with E-state index < -0.39 is 0 Å². The predicted octanol–water partition coefficient (Wildman–Crippen LogP) is 0.189. The predicted molar refractivity (Wildman–Crippen MR) is 65.1 cm³/mol. The van der Waals surface area contributed by atoms with Crippen molar-refractivity contribution >= 4 is 31.9 Å². The van der Waals surface area contributed by atoms with E-state index in [2.05, 4.69) is 13.3 Å². The number of unbranched alkanes of at least 4 members (excludes halogenated alkanes) is 1. The Morgan fingerprint density at radius 3 is 2.94 bits per heavy atom. The second-order valence-electron chi connectivity index (χ2n) is 3.65. The Kier molecular flexibility index (Phi) is 4.25. The van der Waals surface area contributed by atoms with Crippen LogP contribution in [0.3, 0.4) is 0 Å². The molecule has 1 aromatic heterocycles. The second kappa shape index (κ2) is 5.91. The first-order chi connectivity index (χ1) is 8.31. The van der Waals surface area contributed by atoms with E-state index in [9.17, 15) is 4.79 Å². The van der Waals surface area contributed by atoms with Crippen molar-refractivity contribution in [2.45, 2.75) is 12.8 Å². The third-order valence-corrected chi connectivity index (χ3v) is 3.55. The summed E-state index contributed by atoms with van der Waals surface area (Å²) in [5.74, 6) is -0.0969. The Hall–Kier alpha value is -1.23. The van der Waals surface area contributed by atoms with Crippen molar-refractivity contribution in [3.8, 4) is 0 Å². The standard InChI is InChI=1S/C11H13N3O2Se/c15-6-2-1-5-12-11(16)8-3-4-9-10(7-8)14-17-13-9/h3-4,7,15H,1-2,5-6H2,(H,12,16). The molecule has 2 rings (SSSR count). The molecular formula is C11H13N3O2Se. The first kappa shape index (κ1) is 12.2. The van der Waals surface area contributed by atoms with Crippen LogP contribution in [0.4, 0.5) is 0 Å². The van der Waals surface area contributed by atoms with Gasteiger partial charge in [-0.1, -0.05) is 0 Å². The molecule has 0 saturated heterocycles.